The van der Waals surface area contributed by atoms with E-state index in [1.165, 1.54) is 12.3 Å². The number of pyridine rings is 1. The van der Waals surface area contributed by atoms with Crippen molar-refractivity contribution in [2.75, 3.05) is 24.3 Å². The summed E-state index contributed by atoms with van der Waals surface area (Å²) in [5, 5.41) is 2.60. The average Bonchev–Trinajstić information content (AvgIpc) is 2.33. The second-order valence-corrected chi connectivity index (χ2v) is 7.58. The molecule has 0 unspecified atom stereocenters. The van der Waals surface area contributed by atoms with E-state index in [4.69, 9.17) is 9.47 Å². The molecule has 1 aromatic rings. The number of esters is 1. The van der Waals surface area contributed by atoms with Gasteiger partial charge in [0, 0.05) is 20.3 Å². The summed E-state index contributed by atoms with van der Waals surface area (Å²) in [5.41, 5.74) is -0.840. The standard InChI is InChI=1S/C17H27N3O4/c1-16(2,3)23-14(21)12-11(9-10-18-13(12)20(7)8)19-15(22)24-17(4,5)6/h9-10H,1-8H3,(H,18,19,22). The molecule has 0 fully saturated rings. The van der Waals surface area contributed by atoms with Crippen molar-refractivity contribution in [1.82, 2.24) is 4.98 Å². The zero-order chi connectivity index (χ0) is 18.7. The van der Waals surface area contributed by atoms with Crippen LogP contribution < -0.4 is 10.2 Å². The van der Waals surface area contributed by atoms with E-state index in [2.05, 4.69) is 10.3 Å². The number of hydrogen-bond donors (Lipinski definition) is 1. The number of anilines is 2. The van der Waals surface area contributed by atoms with Gasteiger partial charge >= 0.3 is 12.1 Å². The SMILES string of the molecule is CN(C)c1nccc(NC(=O)OC(C)(C)C)c1C(=O)OC(C)(C)C. The van der Waals surface area contributed by atoms with Crippen LogP contribution in [0.3, 0.4) is 0 Å². The number of nitrogens with zero attached hydrogens (tertiary/aromatic N) is 2. The van der Waals surface area contributed by atoms with Crippen molar-refractivity contribution in [2.24, 2.45) is 0 Å². The predicted molar refractivity (Wildman–Crippen MR) is 93.6 cm³/mol. The van der Waals surface area contributed by atoms with E-state index in [-0.39, 0.29) is 11.3 Å². The van der Waals surface area contributed by atoms with Gasteiger partial charge in [-0.2, -0.15) is 0 Å². The summed E-state index contributed by atoms with van der Waals surface area (Å²) in [4.78, 5) is 30.5. The van der Waals surface area contributed by atoms with E-state index in [0.29, 0.717) is 5.82 Å². The average molecular weight is 337 g/mol. The third kappa shape index (κ3) is 6.06. The van der Waals surface area contributed by atoms with Crippen molar-refractivity contribution in [3.63, 3.8) is 0 Å². The van der Waals surface area contributed by atoms with Crippen LogP contribution >= 0.6 is 0 Å². The highest BCUT2D eigenvalue weighted by molar-refractivity contribution is 6.04. The number of amides is 1. The predicted octanol–water partition coefficient (Wildman–Crippen LogP) is 3.45. The Hall–Kier alpha value is -2.31. The molecule has 0 atom stereocenters. The minimum Gasteiger partial charge on any atom is -0.456 e. The first-order valence-electron chi connectivity index (χ1n) is 7.70. The van der Waals surface area contributed by atoms with Gasteiger partial charge in [0.1, 0.15) is 22.6 Å². The second-order valence-electron chi connectivity index (χ2n) is 7.58. The van der Waals surface area contributed by atoms with Gasteiger partial charge in [0.15, 0.2) is 0 Å². The molecule has 0 aromatic carbocycles. The Balaban J connectivity index is 3.23. The summed E-state index contributed by atoms with van der Waals surface area (Å²) < 4.78 is 10.7. The summed E-state index contributed by atoms with van der Waals surface area (Å²) in [7, 11) is 3.51. The molecule has 7 nitrogen and oxygen atoms in total. The van der Waals surface area contributed by atoms with Gasteiger partial charge in [0.2, 0.25) is 0 Å². The van der Waals surface area contributed by atoms with E-state index in [0.717, 1.165) is 0 Å². The number of nitrogens with one attached hydrogen (secondary N) is 1. The molecule has 0 radical (unpaired) electrons. The molecular formula is C17H27N3O4. The largest absolute Gasteiger partial charge is 0.456 e. The van der Waals surface area contributed by atoms with Crippen molar-refractivity contribution in [1.29, 1.82) is 0 Å². The van der Waals surface area contributed by atoms with Gasteiger partial charge in [-0.1, -0.05) is 0 Å². The Kier molecular flexibility index (Phi) is 5.81. The van der Waals surface area contributed by atoms with Crippen LogP contribution in [0.25, 0.3) is 0 Å². The molecule has 0 spiro atoms. The van der Waals surface area contributed by atoms with Gasteiger partial charge in [-0.05, 0) is 47.6 Å². The van der Waals surface area contributed by atoms with E-state index in [1.807, 2.05) is 0 Å². The molecule has 24 heavy (non-hydrogen) atoms. The molecule has 0 saturated carbocycles. The van der Waals surface area contributed by atoms with Gasteiger partial charge in [-0.15, -0.1) is 0 Å². The third-order valence-electron chi connectivity index (χ3n) is 2.59. The zero-order valence-electron chi connectivity index (χ0n) is 15.7. The molecular weight excluding hydrogens is 310 g/mol. The summed E-state index contributed by atoms with van der Waals surface area (Å²) in [6.07, 6.45) is 0.860. The van der Waals surface area contributed by atoms with Crippen LogP contribution in [0.2, 0.25) is 0 Å². The highest BCUT2D eigenvalue weighted by Gasteiger charge is 2.27. The van der Waals surface area contributed by atoms with Gasteiger partial charge < -0.3 is 14.4 Å². The van der Waals surface area contributed by atoms with Crippen LogP contribution in [0.15, 0.2) is 12.3 Å². The van der Waals surface area contributed by atoms with Crippen LogP contribution in [-0.2, 0) is 9.47 Å². The molecule has 134 valence electrons. The highest BCUT2D eigenvalue weighted by Crippen LogP contribution is 2.27. The van der Waals surface area contributed by atoms with Gasteiger partial charge in [-0.3, -0.25) is 5.32 Å². The molecule has 7 heteroatoms. The molecule has 0 aliphatic carbocycles. The number of rotatable bonds is 3. The van der Waals surface area contributed by atoms with Crippen LogP contribution in [0.4, 0.5) is 16.3 Å². The zero-order valence-corrected chi connectivity index (χ0v) is 15.7. The van der Waals surface area contributed by atoms with Crippen LogP contribution in [0.1, 0.15) is 51.9 Å². The maximum atomic E-state index is 12.6. The van der Waals surface area contributed by atoms with Gasteiger partial charge in [0.05, 0.1) is 5.69 Å². The minimum atomic E-state index is -0.667. The fraction of sp³-hybridized carbons (Fsp3) is 0.588. The molecule has 1 amide bonds. The number of aromatic nitrogens is 1. The fourth-order valence-corrected chi connectivity index (χ4v) is 1.84. The van der Waals surface area contributed by atoms with Crippen molar-refractivity contribution in [2.45, 2.75) is 52.7 Å². The lowest BCUT2D eigenvalue weighted by atomic mass is 10.1. The summed E-state index contributed by atoms with van der Waals surface area (Å²) >= 11 is 0. The molecule has 0 bridgehead atoms. The highest BCUT2D eigenvalue weighted by atomic mass is 16.6. The summed E-state index contributed by atoms with van der Waals surface area (Å²) in [6.45, 7) is 10.6. The number of carbonyl (C=O) groups is 2. The van der Waals surface area contributed by atoms with Crippen molar-refractivity contribution >= 4 is 23.6 Å². The number of ether oxygens (including phenoxy) is 2. The lowest BCUT2D eigenvalue weighted by Gasteiger charge is -2.24. The molecule has 1 rings (SSSR count). The third-order valence-corrected chi connectivity index (χ3v) is 2.59. The monoisotopic (exact) mass is 337 g/mol. The normalized spacial score (nSPS) is 11.7. The summed E-state index contributed by atoms with van der Waals surface area (Å²) in [5.74, 6) is -0.164. The van der Waals surface area contributed by atoms with E-state index in [1.54, 1.807) is 60.5 Å². The Morgan fingerprint density at radius 1 is 1.04 bits per heavy atom. The molecule has 1 heterocycles. The maximum absolute atomic E-state index is 12.6. The molecule has 0 saturated heterocycles. The molecule has 1 aromatic heterocycles. The Morgan fingerprint density at radius 3 is 2.04 bits per heavy atom. The minimum absolute atomic E-state index is 0.184. The number of hydrogen-bond acceptors (Lipinski definition) is 6. The smallest absolute Gasteiger partial charge is 0.412 e. The van der Waals surface area contributed by atoms with E-state index >= 15 is 0 Å². The second kappa shape index (κ2) is 7.07. The van der Waals surface area contributed by atoms with Gasteiger partial charge in [-0.25, -0.2) is 14.6 Å². The molecule has 1 N–H and O–H groups in total. The molecule has 0 aliphatic rings. The van der Waals surface area contributed by atoms with Crippen molar-refractivity contribution in [3.05, 3.63) is 17.8 Å². The first kappa shape index (κ1) is 19.7. The first-order chi connectivity index (χ1) is 10.8. The first-order valence-corrected chi connectivity index (χ1v) is 7.70. The van der Waals surface area contributed by atoms with E-state index < -0.39 is 23.3 Å². The maximum Gasteiger partial charge on any atom is 0.412 e. The fourth-order valence-electron chi connectivity index (χ4n) is 1.84. The lowest BCUT2D eigenvalue weighted by molar-refractivity contribution is 0.00712. The van der Waals surface area contributed by atoms with Crippen LogP contribution in [0.5, 0.6) is 0 Å². The Labute approximate surface area is 143 Å². The van der Waals surface area contributed by atoms with Crippen molar-refractivity contribution in [3.8, 4) is 0 Å². The lowest BCUT2D eigenvalue weighted by Crippen LogP contribution is -2.30. The Bertz CT molecular complexity index is 613. The quantitative estimate of drug-likeness (QED) is 0.851. The van der Waals surface area contributed by atoms with Crippen LogP contribution in [-0.4, -0.2) is 42.3 Å². The Morgan fingerprint density at radius 2 is 1.58 bits per heavy atom. The van der Waals surface area contributed by atoms with E-state index in [9.17, 15) is 9.59 Å². The van der Waals surface area contributed by atoms with Crippen LogP contribution in [0, 0.1) is 0 Å². The summed E-state index contributed by atoms with van der Waals surface area (Å²) in [6, 6.07) is 1.54. The number of carbonyl (C=O) groups excluding carboxylic acids is 2. The molecule has 0 aliphatic heterocycles. The topological polar surface area (TPSA) is 80.8 Å². The van der Waals surface area contributed by atoms with Gasteiger partial charge in [0.25, 0.3) is 0 Å². The van der Waals surface area contributed by atoms with Crippen molar-refractivity contribution < 1.29 is 19.1 Å².